The van der Waals surface area contributed by atoms with Gasteiger partial charge in [0.15, 0.2) is 6.61 Å². The number of nitrogens with one attached hydrogen (secondary N) is 2. The van der Waals surface area contributed by atoms with E-state index in [4.69, 9.17) is 4.74 Å². The van der Waals surface area contributed by atoms with E-state index >= 15 is 0 Å². The lowest BCUT2D eigenvalue weighted by atomic mass is 10.1. The highest BCUT2D eigenvalue weighted by molar-refractivity contribution is 5.96. The van der Waals surface area contributed by atoms with Gasteiger partial charge in [0.25, 0.3) is 11.6 Å². The molecular formula is C20H21N3O6. The number of aryl methyl sites for hydroxylation is 3. The number of nitrogens with zero attached hydrogens (tertiary/aromatic N) is 1. The van der Waals surface area contributed by atoms with Crippen molar-refractivity contribution in [2.45, 2.75) is 20.8 Å². The van der Waals surface area contributed by atoms with E-state index in [0.29, 0.717) is 11.3 Å². The minimum Gasteiger partial charge on any atom is -0.452 e. The fourth-order valence-electron chi connectivity index (χ4n) is 2.63. The van der Waals surface area contributed by atoms with Crippen LogP contribution in [0.15, 0.2) is 36.4 Å². The molecule has 2 aromatic carbocycles. The first-order valence-electron chi connectivity index (χ1n) is 8.74. The SMILES string of the molecule is Cc1cc(C(=O)OCC(=O)NCC(=O)Nc2c(C)cccc2C)ccc1[N+](=O)[O-]. The standard InChI is InChI=1S/C20H21N3O6/c1-12-5-4-6-13(2)19(12)22-17(24)10-21-18(25)11-29-20(26)15-7-8-16(23(27)28)14(3)9-15/h4-9H,10-11H2,1-3H3,(H,21,25)(H,22,24). The summed E-state index contributed by atoms with van der Waals surface area (Å²) in [7, 11) is 0. The van der Waals surface area contributed by atoms with Crippen LogP contribution in [0.4, 0.5) is 11.4 Å². The van der Waals surface area contributed by atoms with Crippen LogP contribution in [0.5, 0.6) is 0 Å². The zero-order chi connectivity index (χ0) is 21.6. The first-order valence-corrected chi connectivity index (χ1v) is 8.74. The van der Waals surface area contributed by atoms with E-state index < -0.39 is 29.3 Å². The second-order valence-electron chi connectivity index (χ2n) is 6.43. The molecule has 0 heterocycles. The Balaban J connectivity index is 1.82. The van der Waals surface area contributed by atoms with Crippen LogP contribution in [-0.4, -0.2) is 35.9 Å². The molecule has 29 heavy (non-hydrogen) atoms. The molecule has 0 saturated heterocycles. The first-order chi connectivity index (χ1) is 13.7. The Labute approximate surface area is 167 Å². The van der Waals surface area contributed by atoms with Gasteiger partial charge in [0, 0.05) is 17.3 Å². The van der Waals surface area contributed by atoms with Crippen molar-refractivity contribution < 1.29 is 24.0 Å². The lowest BCUT2D eigenvalue weighted by Crippen LogP contribution is -2.35. The van der Waals surface area contributed by atoms with E-state index in [9.17, 15) is 24.5 Å². The predicted octanol–water partition coefficient (Wildman–Crippen LogP) is 2.43. The zero-order valence-electron chi connectivity index (χ0n) is 16.3. The molecule has 2 aromatic rings. The van der Waals surface area contributed by atoms with Gasteiger partial charge >= 0.3 is 5.97 Å². The average Bonchev–Trinajstić information content (AvgIpc) is 2.67. The number of anilines is 1. The Morgan fingerprint density at radius 1 is 1.00 bits per heavy atom. The number of hydrogen-bond acceptors (Lipinski definition) is 6. The average molecular weight is 399 g/mol. The van der Waals surface area contributed by atoms with E-state index in [0.717, 1.165) is 11.1 Å². The van der Waals surface area contributed by atoms with Crippen molar-refractivity contribution in [2.24, 2.45) is 0 Å². The van der Waals surface area contributed by atoms with Crippen LogP contribution in [0.3, 0.4) is 0 Å². The summed E-state index contributed by atoms with van der Waals surface area (Å²) < 4.78 is 4.88. The molecule has 0 unspecified atom stereocenters. The lowest BCUT2D eigenvalue weighted by molar-refractivity contribution is -0.385. The van der Waals surface area contributed by atoms with Gasteiger partial charge in [-0.2, -0.15) is 0 Å². The van der Waals surface area contributed by atoms with Crippen molar-refractivity contribution in [1.29, 1.82) is 0 Å². The number of nitro benzene ring substituents is 1. The first kappa shape index (κ1) is 21.5. The molecule has 2 rings (SSSR count). The quantitative estimate of drug-likeness (QED) is 0.418. The van der Waals surface area contributed by atoms with Crippen LogP contribution >= 0.6 is 0 Å². The maximum atomic E-state index is 12.0. The molecule has 152 valence electrons. The summed E-state index contributed by atoms with van der Waals surface area (Å²) in [4.78, 5) is 46.1. The second-order valence-corrected chi connectivity index (χ2v) is 6.43. The minimum atomic E-state index is -0.793. The molecule has 9 heteroatoms. The summed E-state index contributed by atoms with van der Waals surface area (Å²) in [5.41, 5.74) is 2.76. The van der Waals surface area contributed by atoms with Crippen molar-refractivity contribution in [1.82, 2.24) is 5.32 Å². The number of esters is 1. The van der Waals surface area contributed by atoms with E-state index in [-0.39, 0.29) is 17.8 Å². The van der Waals surface area contributed by atoms with Crippen molar-refractivity contribution in [2.75, 3.05) is 18.5 Å². The highest BCUT2D eigenvalue weighted by atomic mass is 16.6. The number of nitro groups is 1. The van der Waals surface area contributed by atoms with Gasteiger partial charge in [-0.3, -0.25) is 19.7 Å². The molecule has 2 N–H and O–H groups in total. The Kier molecular flexibility index (Phi) is 7.02. The third kappa shape index (κ3) is 5.86. The van der Waals surface area contributed by atoms with Gasteiger partial charge < -0.3 is 15.4 Å². The summed E-state index contributed by atoms with van der Waals surface area (Å²) in [5.74, 6) is -1.85. The summed E-state index contributed by atoms with van der Waals surface area (Å²) in [5, 5.41) is 15.9. The molecule has 2 amide bonds. The predicted molar refractivity (Wildman–Crippen MR) is 106 cm³/mol. The van der Waals surface area contributed by atoms with Crippen molar-refractivity contribution in [3.05, 3.63) is 68.8 Å². The highest BCUT2D eigenvalue weighted by Crippen LogP contribution is 2.20. The molecule has 9 nitrogen and oxygen atoms in total. The number of ether oxygens (including phenoxy) is 1. The highest BCUT2D eigenvalue weighted by Gasteiger charge is 2.16. The third-order valence-electron chi connectivity index (χ3n) is 4.16. The minimum absolute atomic E-state index is 0.0914. The van der Waals surface area contributed by atoms with E-state index in [1.165, 1.54) is 25.1 Å². The van der Waals surface area contributed by atoms with Gasteiger partial charge in [0.2, 0.25) is 5.91 Å². The monoisotopic (exact) mass is 399 g/mol. The molecule has 0 radical (unpaired) electrons. The maximum Gasteiger partial charge on any atom is 0.338 e. The normalized spacial score (nSPS) is 10.2. The van der Waals surface area contributed by atoms with Crippen LogP contribution in [0.2, 0.25) is 0 Å². The molecule has 0 bridgehead atoms. The number of para-hydroxylation sites is 1. The number of amides is 2. The molecule has 0 spiro atoms. The number of rotatable bonds is 7. The molecule has 0 aliphatic rings. The summed E-state index contributed by atoms with van der Waals surface area (Å²) >= 11 is 0. The number of hydrogen-bond donors (Lipinski definition) is 2. The van der Waals surface area contributed by atoms with Gasteiger partial charge in [-0.25, -0.2) is 4.79 Å². The lowest BCUT2D eigenvalue weighted by Gasteiger charge is -2.12. The third-order valence-corrected chi connectivity index (χ3v) is 4.16. The number of carbonyl (C=O) groups is 3. The Bertz CT molecular complexity index is 950. The largest absolute Gasteiger partial charge is 0.452 e. The van der Waals surface area contributed by atoms with Crippen molar-refractivity contribution in [3.63, 3.8) is 0 Å². The Morgan fingerprint density at radius 2 is 1.66 bits per heavy atom. The summed E-state index contributed by atoms with van der Waals surface area (Å²) in [6.45, 7) is 4.36. The summed E-state index contributed by atoms with van der Waals surface area (Å²) in [6.07, 6.45) is 0. The van der Waals surface area contributed by atoms with Gasteiger partial charge in [0.1, 0.15) is 0 Å². The van der Waals surface area contributed by atoms with Gasteiger partial charge in [0.05, 0.1) is 17.0 Å². The maximum absolute atomic E-state index is 12.0. The van der Waals surface area contributed by atoms with Crippen LogP contribution in [0.25, 0.3) is 0 Å². The van der Waals surface area contributed by atoms with Gasteiger partial charge in [-0.05, 0) is 44.0 Å². The molecule has 0 aromatic heterocycles. The second kappa shape index (κ2) is 9.45. The van der Waals surface area contributed by atoms with Gasteiger partial charge in [-0.15, -0.1) is 0 Å². The Hall–Kier alpha value is -3.75. The fourth-order valence-corrected chi connectivity index (χ4v) is 2.63. The Morgan fingerprint density at radius 3 is 2.24 bits per heavy atom. The van der Waals surface area contributed by atoms with Crippen LogP contribution in [-0.2, 0) is 14.3 Å². The van der Waals surface area contributed by atoms with E-state index in [1.54, 1.807) is 0 Å². The molecule has 0 saturated carbocycles. The van der Waals surface area contributed by atoms with Gasteiger partial charge in [-0.1, -0.05) is 18.2 Å². The van der Waals surface area contributed by atoms with E-state index in [1.807, 2.05) is 32.0 Å². The zero-order valence-corrected chi connectivity index (χ0v) is 16.3. The number of benzene rings is 2. The molecule has 0 aliphatic carbocycles. The smallest absolute Gasteiger partial charge is 0.338 e. The van der Waals surface area contributed by atoms with Crippen LogP contribution in [0, 0.1) is 30.9 Å². The molecular weight excluding hydrogens is 378 g/mol. The molecule has 0 aliphatic heterocycles. The number of carbonyl (C=O) groups excluding carboxylic acids is 3. The van der Waals surface area contributed by atoms with E-state index in [2.05, 4.69) is 10.6 Å². The van der Waals surface area contributed by atoms with Crippen molar-refractivity contribution in [3.8, 4) is 0 Å². The summed E-state index contributed by atoms with van der Waals surface area (Å²) in [6, 6.07) is 9.37. The van der Waals surface area contributed by atoms with Crippen LogP contribution in [0.1, 0.15) is 27.0 Å². The van der Waals surface area contributed by atoms with Crippen LogP contribution < -0.4 is 10.6 Å². The fraction of sp³-hybridized carbons (Fsp3) is 0.250. The topological polar surface area (TPSA) is 128 Å². The molecule has 0 fully saturated rings. The molecule has 0 atom stereocenters. The van der Waals surface area contributed by atoms with Crippen molar-refractivity contribution >= 4 is 29.2 Å².